The fraction of sp³-hybridized carbons (Fsp3) is 0.652. The molecule has 3 heterocycles. The third-order valence-corrected chi connectivity index (χ3v) is 7.71. The number of hydrogen-bond acceptors (Lipinski definition) is 6. The molecule has 11 nitrogen and oxygen atoms in total. The van der Waals surface area contributed by atoms with Crippen molar-refractivity contribution in [1.82, 2.24) is 30.6 Å². The Kier molecular flexibility index (Phi) is 6.91. The van der Waals surface area contributed by atoms with Crippen LogP contribution in [0.1, 0.15) is 26.7 Å². The number of hydrogen-bond donors (Lipinski definition) is 3. The molecule has 2 saturated heterocycles. The van der Waals surface area contributed by atoms with E-state index in [1.165, 1.54) is 28.0 Å². The first-order valence-electron chi connectivity index (χ1n) is 12.0. The Morgan fingerprint density at radius 3 is 2.62 bits per heavy atom. The number of rotatable bonds is 8. The Hall–Kier alpha value is -3.63. The number of nitrogens with one attached hydrogen (secondary N) is 3. The van der Waals surface area contributed by atoms with Gasteiger partial charge >= 0.3 is 12.1 Å². The molecule has 4 amide bonds. The van der Waals surface area contributed by atoms with Gasteiger partial charge in [-0.25, -0.2) is 0 Å². The lowest BCUT2D eigenvalue weighted by molar-refractivity contribution is -0.175. The normalized spacial score (nSPS) is 27.5. The van der Waals surface area contributed by atoms with E-state index >= 15 is 0 Å². The van der Waals surface area contributed by atoms with Crippen LogP contribution in [0, 0.1) is 34.5 Å². The Labute approximate surface area is 210 Å². The van der Waals surface area contributed by atoms with Gasteiger partial charge in [0, 0.05) is 31.4 Å². The van der Waals surface area contributed by atoms with Crippen LogP contribution < -0.4 is 16.0 Å². The minimum absolute atomic E-state index is 0.0722. The van der Waals surface area contributed by atoms with Crippen molar-refractivity contribution in [3.63, 3.8) is 0 Å². The molecule has 14 heteroatoms. The van der Waals surface area contributed by atoms with Crippen LogP contribution >= 0.6 is 0 Å². The maximum absolute atomic E-state index is 13.5. The van der Waals surface area contributed by atoms with Crippen LogP contribution in [0.2, 0.25) is 0 Å². The van der Waals surface area contributed by atoms with E-state index in [1.807, 2.05) is 19.9 Å². The van der Waals surface area contributed by atoms with Crippen molar-refractivity contribution in [1.29, 1.82) is 5.26 Å². The van der Waals surface area contributed by atoms with Gasteiger partial charge in [0.25, 0.3) is 0 Å². The third-order valence-electron chi connectivity index (χ3n) is 7.71. The second-order valence-electron chi connectivity index (χ2n) is 10.3. The molecule has 1 aliphatic carbocycles. The van der Waals surface area contributed by atoms with Crippen molar-refractivity contribution in [2.45, 2.75) is 57.5 Å². The van der Waals surface area contributed by atoms with Crippen LogP contribution in [-0.4, -0.2) is 75.7 Å². The monoisotopic (exact) mass is 523 g/mol. The number of halogens is 3. The van der Waals surface area contributed by atoms with Gasteiger partial charge in [-0.2, -0.15) is 23.5 Å². The number of fused-ring (bicyclic) bond motifs is 1. The van der Waals surface area contributed by atoms with Crippen molar-refractivity contribution in [3.8, 4) is 6.07 Å². The lowest BCUT2D eigenvalue weighted by atomic mass is 9.97. The van der Waals surface area contributed by atoms with E-state index in [9.17, 15) is 37.6 Å². The first kappa shape index (κ1) is 26.4. The van der Waals surface area contributed by atoms with Gasteiger partial charge in [0.2, 0.25) is 17.7 Å². The summed E-state index contributed by atoms with van der Waals surface area (Å²) in [5.74, 6) is -4.70. The topological polar surface area (TPSA) is 149 Å². The van der Waals surface area contributed by atoms with Gasteiger partial charge in [-0.3, -0.25) is 23.9 Å². The summed E-state index contributed by atoms with van der Waals surface area (Å²) < 4.78 is 40.2. The largest absolute Gasteiger partial charge is 0.471 e. The molecule has 3 fully saturated rings. The van der Waals surface area contributed by atoms with E-state index in [4.69, 9.17) is 0 Å². The smallest absolute Gasteiger partial charge is 0.356 e. The number of nitriles is 1. The lowest BCUT2D eigenvalue weighted by Gasteiger charge is -2.33. The number of carbonyl (C=O) groups is 4. The number of piperidine rings is 1. The summed E-state index contributed by atoms with van der Waals surface area (Å²) in [6, 6.07) is -0.146. The molecule has 0 unspecified atom stereocenters. The first-order chi connectivity index (χ1) is 17.3. The van der Waals surface area contributed by atoms with Crippen LogP contribution in [0.4, 0.5) is 13.2 Å². The number of amides is 4. The van der Waals surface area contributed by atoms with Crippen LogP contribution in [0.15, 0.2) is 18.5 Å². The highest BCUT2D eigenvalue weighted by atomic mass is 19.4. The third kappa shape index (κ3) is 5.26. The van der Waals surface area contributed by atoms with Crippen LogP contribution in [0.25, 0.3) is 0 Å². The summed E-state index contributed by atoms with van der Waals surface area (Å²) >= 11 is 0. The van der Waals surface area contributed by atoms with E-state index in [0.29, 0.717) is 13.0 Å². The molecule has 1 aromatic heterocycles. The van der Waals surface area contributed by atoms with Crippen molar-refractivity contribution in [3.05, 3.63) is 18.5 Å². The second-order valence-corrected chi connectivity index (χ2v) is 10.3. The molecule has 3 aliphatic rings. The summed E-state index contributed by atoms with van der Waals surface area (Å²) in [4.78, 5) is 51.7. The molecule has 2 aliphatic heterocycles. The molecule has 0 radical (unpaired) electrons. The van der Waals surface area contributed by atoms with Crippen molar-refractivity contribution >= 4 is 23.6 Å². The van der Waals surface area contributed by atoms with E-state index in [2.05, 4.69) is 15.7 Å². The van der Waals surface area contributed by atoms with E-state index in [-0.39, 0.29) is 42.7 Å². The molecule has 3 N–H and O–H groups in total. The predicted octanol–water partition coefficient (Wildman–Crippen LogP) is -0.0522. The first-order valence-corrected chi connectivity index (χ1v) is 12.0. The maximum atomic E-state index is 13.5. The molecule has 200 valence electrons. The summed E-state index contributed by atoms with van der Waals surface area (Å²) in [6.45, 7) is 4.10. The standard InChI is InChI=1S/C23H28F3N7O4/c1-22(2)14-10-33(20(36)15(11-32-7-3-5-29-32)31-21(37)23(24,25)26)17(16(14)22)19(35)30-13(9-27)8-12-4-6-28-18(12)34/h3,5,7,12-17H,4,6,8,10-11H2,1-2H3,(H,28,34)(H,30,35)(H,31,37)/t12-,13-,14-,15-,16-,17-/m0/s1. The zero-order chi connectivity index (χ0) is 27.1. The Morgan fingerprint density at radius 1 is 1.32 bits per heavy atom. The Morgan fingerprint density at radius 2 is 2.05 bits per heavy atom. The summed E-state index contributed by atoms with van der Waals surface area (Å²) in [6.07, 6.45) is -1.75. The van der Waals surface area contributed by atoms with Crippen molar-refractivity contribution in [2.24, 2.45) is 23.2 Å². The number of likely N-dealkylation sites (tertiary alicyclic amines) is 1. The van der Waals surface area contributed by atoms with Crippen molar-refractivity contribution < 1.29 is 32.3 Å². The molecule has 6 atom stereocenters. The van der Waals surface area contributed by atoms with Gasteiger partial charge in [0.15, 0.2) is 0 Å². The van der Waals surface area contributed by atoms with Gasteiger partial charge in [-0.15, -0.1) is 0 Å². The average molecular weight is 524 g/mol. The van der Waals surface area contributed by atoms with Crippen LogP contribution in [0.3, 0.4) is 0 Å². The van der Waals surface area contributed by atoms with Crippen LogP contribution in [0.5, 0.6) is 0 Å². The van der Waals surface area contributed by atoms with Gasteiger partial charge in [0.1, 0.15) is 18.1 Å². The Bertz CT molecular complexity index is 1110. The molecule has 0 aromatic carbocycles. The summed E-state index contributed by atoms with van der Waals surface area (Å²) in [5, 5.41) is 20.5. The summed E-state index contributed by atoms with van der Waals surface area (Å²) in [7, 11) is 0. The molecule has 0 spiro atoms. The SMILES string of the molecule is CC1(C)[C@@H]2[C@@H](C(=O)N[C@H](C#N)C[C@@H]3CCNC3=O)N(C(=O)[C@H](Cn3cccn3)NC(=O)C(F)(F)F)C[C@@H]21. The molecule has 37 heavy (non-hydrogen) atoms. The zero-order valence-corrected chi connectivity index (χ0v) is 20.3. The number of carbonyl (C=O) groups excluding carboxylic acids is 4. The van der Waals surface area contributed by atoms with E-state index in [1.54, 1.807) is 5.32 Å². The molecular formula is C23H28F3N7O4. The minimum Gasteiger partial charge on any atom is -0.356 e. The molecule has 1 aromatic rings. The van der Waals surface area contributed by atoms with Crippen LogP contribution in [-0.2, 0) is 25.7 Å². The van der Waals surface area contributed by atoms with Gasteiger partial charge < -0.3 is 20.9 Å². The van der Waals surface area contributed by atoms with Gasteiger partial charge in [-0.05, 0) is 36.2 Å². The van der Waals surface area contributed by atoms with E-state index in [0.717, 1.165) is 0 Å². The molecule has 4 rings (SSSR count). The van der Waals surface area contributed by atoms with Gasteiger partial charge in [0.05, 0.1) is 12.6 Å². The highest BCUT2D eigenvalue weighted by Crippen LogP contribution is 2.64. The number of nitrogens with zero attached hydrogens (tertiary/aromatic N) is 4. The quantitative estimate of drug-likeness (QED) is 0.435. The van der Waals surface area contributed by atoms with E-state index < -0.39 is 47.9 Å². The van der Waals surface area contributed by atoms with Crippen molar-refractivity contribution in [2.75, 3.05) is 13.1 Å². The van der Waals surface area contributed by atoms with Gasteiger partial charge in [-0.1, -0.05) is 13.8 Å². The second kappa shape index (κ2) is 9.68. The molecule has 0 bridgehead atoms. The molecule has 1 saturated carbocycles. The number of alkyl halides is 3. The fourth-order valence-electron chi connectivity index (χ4n) is 5.59. The number of aromatic nitrogens is 2. The Balaban J connectivity index is 1.53. The fourth-order valence-corrected chi connectivity index (χ4v) is 5.59. The highest BCUT2D eigenvalue weighted by Gasteiger charge is 2.69. The predicted molar refractivity (Wildman–Crippen MR) is 120 cm³/mol. The summed E-state index contributed by atoms with van der Waals surface area (Å²) in [5.41, 5.74) is -0.293. The molecular weight excluding hydrogens is 495 g/mol. The average Bonchev–Trinajstić information content (AvgIpc) is 3.38. The maximum Gasteiger partial charge on any atom is 0.471 e. The lowest BCUT2D eigenvalue weighted by Crippen LogP contribution is -2.58. The minimum atomic E-state index is -5.21. The zero-order valence-electron chi connectivity index (χ0n) is 20.3. The highest BCUT2D eigenvalue weighted by molar-refractivity contribution is 5.94.